The molecule has 0 amide bonds. The minimum atomic E-state index is 0.489. The topological polar surface area (TPSA) is 23.8 Å². The molecule has 0 spiro atoms. The van der Waals surface area contributed by atoms with Crippen molar-refractivity contribution in [1.82, 2.24) is 0 Å². The van der Waals surface area contributed by atoms with Gasteiger partial charge in [0.15, 0.2) is 0 Å². The Morgan fingerprint density at radius 3 is 2.79 bits per heavy atom. The van der Waals surface area contributed by atoms with Gasteiger partial charge in [0.1, 0.15) is 0 Å². The Morgan fingerprint density at radius 1 is 1.37 bits per heavy atom. The first kappa shape index (κ1) is 12.5. The predicted octanol–water partition coefficient (Wildman–Crippen LogP) is 4.71. The smallest absolute Gasteiger partial charge is 0.0994 e. The minimum absolute atomic E-state index is 0.489. The summed E-state index contributed by atoms with van der Waals surface area (Å²) in [5, 5.41) is 10.1. The summed E-state index contributed by atoms with van der Waals surface area (Å²) in [6.45, 7) is 2.29. The molecule has 2 heteroatoms. The van der Waals surface area contributed by atoms with Gasteiger partial charge in [-0.1, -0.05) is 48.9 Å². The molecule has 1 nitrogen and oxygen atoms in total. The SMILES string of the molecule is C[C@H]1[C@@H](/C=C(\C#N)c2cccc(Cl)c2)[C@H]2C=C[C@H]1C2. The molecule has 1 fully saturated rings. The molecule has 2 aliphatic carbocycles. The number of allylic oxidation sites excluding steroid dienone is 4. The quantitative estimate of drug-likeness (QED) is 0.564. The molecule has 0 unspecified atom stereocenters. The van der Waals surface area contributed by atoms with E-state index in [-0.39, 0.29) is 0 Å². The summed E-state index contributed by atoms with van der Waals surface area (Å²) >= 11 is 6.01. The summed E-state index contributed by atoms with van der Waals surface area (Å²) in [6, 6.07) is 9.88. The number of hydrogen-bond donors (Lipinski definition) is 0. The van der Waals surface area contributed by atoms with E-state index in [1.165, 1.54) is 6.42 Å². The Morgan fingerprint density at radius 2 is 2.16 bits per heavy atom. The summed E-state index contributed by atoms with van der Waals surface area (Å²) in [5.74, 6) is 2.44. The van der Waals surface area contributed by atoms with Crippen LogP contribution in [0.15, 0.2) is 42.5 Å². The fraction of sp³-hybridized carbons (Fsp3) is 0.353. The lowest BCUT2D eigenvalue weighted by Gasteiger charge is -2.22. The van der Waals surface area contributed by atoms with Crippen LogP contribution in [-0.4, -0.2) is 0 Å². The fourth-order valence-corrected chi connectivity index (χ4v) is 3.62. The second kappa shape index (κ2) is 4.87. The maximum Gasteiger partial charge on any atom is 0.0994 e. The highest BCUT2D eigenvalue weighted by Crippen LogP contribution is 2.49. The third-order valence-electron chi connectivity index (χ3n) is 4.54. The Kier molecular flexibility index (Phi) is 3.21. The van der Waals surface area contributed by atoms with Gasteiger partial charge in [-0.15, -0.1) is 0 Å². The van der Waals surface area contributed by atoms with Crippen molar-refractivity contribution in [3.8, 4) is 6.07 Å². The maximum absolute atomic E-state index is 9.41. The zero-order chi connectivity index (χ0) is 13.4. The molecule has 0 saturated heterocycles. The number of nitrogens with zero attached hydrogens (tertiary/aromatic N) is 1. The van der Waals surface area contributed by atoms with Crippen LogP contribution < -0.4 is 0 Å². The van der Waals surface area contributed by atoms with E-state index in [2.05, 4.69) is 31.2 Å². The molecule has 1 aromatic rings. The standard InChI is InChI=1S/C17H16ClN/c1-11-12-5-6-14(7-12)17(11)9-15(10-19)13-3-2-4-16(18)8-13/h2-6,8-9,11-12,14,17H,7H2,1H3/b15-9+/t11-,12+,14+,17-/m1/s1. The van der Waals surface area contributed by atoms with Crippen LogP contribution in [0.4, 0.5) is 0 Å². The van der Waals surface area contributed by atoms with Crippen molar-refractivity contribution < 1.29 is 0 Å². The number of fused-ring (bicyclic) bond motifs is 2. The Balaban J connectivity index is 1.93. The van der Waals surface area contributed by atoms with E-state index in [9.17, 15) is 5.26 Å². The van der Waals surface area contributed by atoms with Gasteiger partial charge in [-0.25, -0.2) is 0 Å². The zero-order valence-corrected chi connectivity index (χ0v) is 11.6. The van der Waals surface area contributed by atoms with Crippen LogP contribution in [0.25, 0.3) is 5.57 Å². The molecular weight excluding hydrogens is 254 g/mol. The lowest BCUT2D eigenvalue weighted by atomic mass is 9.82. The van der Waals surface area contributed by atoms with Gasteiger partial charge in [0, 0.05) is 5.02 Å². The van der Waals surface area contributed by atoms with Crippen molar-refractivity contribution in [2.75, 3.05) is 0 Å². The average Bonchev–Trinajstić information content (AvgIpc) is 2.98. The minimum Gasteiger partial charge on any atom is -0.192 e. The maximum atomic E-state index is 9.41. The molecule has 0 heterocycles. The van der Waals surface area contributed by atoms with Crippen molar-refractivity contribution in [2.45, 2.75) is 13.3 Å². The van der Waals surface area contributed by atoms with Gasteiger partial charge in [-0.05, 0) is 47.8 Å². The van der Waals surface area contributed by atoms with Crippen molar-refractivity contribution in [3.05, 3.63) is 53.1 Å². The lowest BCUT2D eigenvalue weighted by Crippen LogP contribution is -2.14. The van der Waals surface area contributed by atoms with Crippen LogP contribution in [0.2, 0.25) is 5.02 Å². The van der Waals surface area contributed by atoms with Gasteiger partial charge in [0.25, 0.3) is 0 Å². The molecule has 2 aliphatic rings. The first-order chi connectivity index (χ1) is 9.19. The molecule has 0 aliphatic heterocycles. The Bertz CT molecular complexity index is 594. The molecule has 96 valence electrons. The largest absolute Gasteiger partial charge is 0.192 e. The van der Waals surface area contributed by atoms with Crippen molar-refractivity contribution in [1.29, 1.82) is 5.26 Å². The highest BCUT2D eigenvalue weighted by Gasteiger charge is 2.40. The van der Waals surface area contributed by atoms with E-state index >= 15 is 0 Å². The van der Waals surface area contributed by atoms with E-state index in [1.807, 2.05) is 24.3 Å². The monoisotopic (exact) mass is 269 g/mol. The van der Waals surface area contributed by atoms with E-state index < -0.39 is 0 Å². The fourth-order valence-electron chi connectivity index (χ4n) is 3.43. The third-order valence-corrected chi connectivity index (χ3v) is 4.78. The molecule has 1 saturated carbocycles. The highest BCUT2D eigenvalue weighted by atomic mass is 35.5. The number of hydrogen-bond acceptors (Lipinski definition) is 1. The molecule has 1 aromatic carbocycles. The van der Waals surface area contributed by atoms with Crippen molar-refractivity contribution >= 4 is 17.2 Å². The summed E-state index contributed by atoms with van der Waals surface area (Å²) < 4.78 is 0. The van der Waals surface area contributed by atoms with Gasteiger partial charge in [-0.3, -0.25) is 0 Å². The van der Waals surface area contributed by atoms with Gasteiger partial charge in [-0.2, -0.15) is 5.26 Å². The highest BCUT2D eigenvalue weighted by molar-refractivity contribution is 6.30. The van der Waals surface area contributed by atoms with Crippen LogP contribution in [0.1, 0.15) is 18.9 Å². The average molecular weight is 270 g/mol. The molecule has 0 aromatic heterocycles. The zero-order valence-electron chi connectivity index (χ0n) is 10.9. The van der Waals surface area contributed by atoms with Crippen LogP contribution in [-0.2, 0) is 0 Å². The molecule has 2 bridgehead atoms. The molecular formula is C17H16ClN. The second-order valence-corrected chi connectivity index (χ2v) is 6.02. The lowest BCUT2D eigenvalue weighted by molar-refractivity contribution is 0.404. The summed E-state index contributed by atoms with van der Waals surface area (Å²) in [5.41, 5.74) is 1.68. The molecule has 19 heavy (non-hydrogen) atoms. The van der Waals surface area contributed by atoms with Crippen molar-refractivity contribution in [2.24, 2.45) is 23.7 Å². The van der Waals surface area contributed by atoms with E-state index in [4.69, 9.17) is 11.6 Å². The van der Waals surface area contributed by atoms with Crippen LogP contribution in [0, 0.1) is 35.0 Å². The van der Waals surface area contributed by atoms with Crippen LogP contribution in [0.3, 0.4) is 0 Å². The van der Waals surface area contributed by atoms with Gasteiger partial charge >= 0.3 is 0 Å². The van der Waals surface area contributed by atoms with E-state index in [0.29, 0.717) is 28.7 Å². The molecule has 0 N–H and O–H groups in total. The van der Waals surface area contributed by atoms with Gasteiger partial charge in [0.05, 0.1) is 11.6 Å². The summed E-state index contributed by atoms with van der Waals surface area (Å²) in [4.78, 5) is 0. The third kappa shape index (κ3) is 2.22. The van der Waals surface area contributed by atoms with E-state index in [1.54, 1.807) is 0 Å². The number of nitriles is 1. The molecule has 3 rings (SSSR count). The van der Waals surface area contributed by atoms with Crippen LogP contribution in [0.5, 0.6) is 0 Å². The molecule has 0 radical (unpaired) electrons. The number of rotatable bonds is 2. The van der Waals surface area contributed by atoms with Crippen molar-refractivity contribution in [3.63, 3.8) is 0 Å². The summed E-state index contributed by atoms with van der Waals surface area (Å²) in [6.07, 6.45) is 8.06. The predicted molar refractivity (Wildman–Crippen MR) is 78.4 cm³/mol. The first-order valence-corrected chi connectivity index (χ1v) is 7.13. The first-order valence-electron chi connectivity index (χ1n) is 6.75. The molecule has 4 atom stereocenters. The summed E-state index contributed by atoms with van der Waals surface area (Å²) in [7, 11) is 0. The Labute approximate surface area is 119 Å². The van der Waals surface area contributed by atoms with Gasteiger partial charge in [0.2, 0.25) is 0 Å². The number of halogens is 1. The normalized spacial score (nSPS) is 32.6. The van der Waals surface area contributed by atoms with Gasteiger partial charge < -0.3 is 0 Å². The Hall–Kier alpha value is -1.52. The number of benzene rings is 1. The second-order valence-electron chi connectivity index (χ2n) is 5.59. The van der Waals surface area contributed by atoms with E-state index in [0.717, 1.165) is 11.1 Å². The van der Waals surface area contributed by atoms with Crippen LogP contribution >= 0.6 is 11.6 Å².